The van der Waals surface area contributed by atoms with E-state index in [1.54, 1.807) is 36.1 Å². The van der Waals surface area contributed by atoms with E-state index in [-0.39, 0.29) is 12.5 Å². The van der Waals surface area contributed by atoms with Crippen LogP contribution in [0.15, 0.2) is 30.3 Å². The number of carbonyl (C=O) groups excluding carboxylic acids is 4. The van der Waals surface area contributed by atoms with Gasteiger partial charge in [-0.3, -0.25) is 19.3 Å². The molecule has 156 valence electrons. The first-order chi connectivity index (χ1) is 13.9. The van der Waals surface area contributed by atoms with Crippen LogP contribution < -0.4 is 5.32 Å². The van der Waals surface area contributed by atoms with Crippen molar-refractivity contribution in [2.75, 3.05) is 26.2 Å². The SMILES string of the molecule is C[C@]1(c2ccccc2)NC(=O)N(CC(=O)OCC(=O)N2CCCCCCC2)C1=O. The minimum atomic E-state index is -1.24. The van der Waals surface area contributed by atoms with Gasteiger partial charge in [0.15, 0.2) is 6.61 Å². The van der Waals surface area contributed by atoms with Gasteiger partial charge in [0.1, 0.15) is 12.1 Å². The van der Waals surface area contributed by atoms with E-state index in [2.05, 4.69) is 5.32 Å². The molecule has 29 heavy (non-hydrogen) atoms. The second kappa shape index (κ2) is 9.07. The molecule has 1 N–H and O–H groups in total. The van der Waals surface area contributed by atoms with Crippen LogP contribution in [0.2, 0.25) is 0 Å². The molecule has 0 saturated carbocycles. The van der Waals surface area contributed by atoms with Crippen LogP contribution in [-0.2, 0) is 24.7 Å². The summed E-state index contributed by atoms with van der Waals surface area (Å²) in [7, 11) is 0. The predicted octanol–water partition coefficient (Wildman–Crippen LogP) is 1.79. The van der Waals surface area contributed by atoms with Gasteiger partial charge in [-0.2, -0.15) is 0 Å². The third-order valence-electron chi connectivity index (χ3n) is 5.48. The number of likely N-dealkylation sites (tertiary alicyclic amines) is 1. The molecule has 8 nitrogen and oxygen atoms in total. The van der Waals surface area contributed by atoms with Crippen LogP contribution >= 0.6 is 0 Å². The number of esters is 1. The summed E-state index contributed by atoms with van der Waals surface area (Å²) in [5.41, 5.74) is -0.611. The molecule has 0 spiro atoms. The number of carbonyl (C=O) groups is 4. The molecule has 0 radical (unpaired) electrons. The van der Waals surface area contributed by atoms with Gasteiger partial charge in [-0.25, -0.2) is 4.79 Å². The molecule has 4 amide bonds. The molecule has 2 saturated heterocycles. The van der Waals surface area contributed by atoms with Crippen LogP contribution in [0.25, 0.3) is 0 Å². The summed E-state index contributed by atoms with van der Waals surface area (Å²) in [5.74, 6) is -1.56. The Bertz CT molecular complexity index is 774. The van der Waals surface area contributed by atoms with E-state index in [9.17, 15) is 19.2 Å². The van der Waals surface area contributed by atoms with E-state index in [1.165, 1.54) is 6.42 Å². The normalized spacial score (nSPS) is 22.7. The summed E-state index contributed by atoms with van der Waals surface area (Å²) in [5, 5.41) is 2.64. The van der Waals surface area contributed by atoms with Crippen molar-refractivity contribution in [1.29, 1.82) is 0 Å². The largest absolute Gasteiger partial charge is 0.454 e. The van der Waals surface area contributed by atoms with Crippen molar-refractivity contribution in [1.82, 2.24) is 15.1 Å². The summed E-state index contributed by atoms with van der Waals surface area (Å²) in [4.78, 5) is 52.1. The lowest BCUT2D eigenvalue weighted by Crippen LogP contribution is -2.42. The summed E-state index contributed by atoms with van der Waals surface area (Å²) in [6, 6.07) is 8.17. The first-order valence-corrected chi connectivity index (χ1v) is 10.0. The molecular formula is C21H27N3O5. The number of amides is 4. The third kappa shape index (κ3) is 4.75. The van der Waals surface area contributed by atoms with E-state index in [0.717, 1.165) is 30.6 Å². The Hall–Kier alpha value is -2.90. The number of urea groups is 1. The molecule has 0 aliphatic carbocycles. The van der Waals surface area contributed by atoms with E-state index in [0.29, 0.717) is 18.7 Å². The fraction of sp³-hybridized carbons (Fsp3) is 0.524. The van der Waals surface area contributed by atoms with Crippen molar-refractivity contribution in [2.24, 2.45) is 0 Å². The maximum absolute atomic E-state index is 12.8. The Balaban J connectivity index is 1.54. The van der Waals surface area contributed by atoms with Gasteiger partial charge in [0.25, 0.3) is 11.8 Å². The van der Waals surface area contributed by atoms with Crippen LogP contribution in [0.3, 0.4) is 0 Å². The predicted molar refractivity (Wildman–Crippen MR) is 105 cm³/mol. The zero-order valence-electron chi connectivity index (χ0n) is 16.7. The lowest BCUT2D eigenvalue weighted by molar-refractivity contribution is -0.154. The molecule has 2 fully saturated rings. The van der Waals surface area contributed by atoms with Crippen molar-refractivity contribution < 1.29 is 23.9 Å². The highest BCUT2D eigenvalue weighted by molar-refractivity contribution is 6.08. The van der Waals surface area contributed by atoms with Crippen LogP contribution in [0.5, 0.6) is 0 Å². The minimum Gasteiger partial charge on any atom is -0.454 e. The van der Waals surface area contributed by atoms with E-state index in [1.807, 2.05) is 6.07 Å². The highest BCUT2D eigenvalue weighted by Crippen LogP contribution is 2.28. The molecule has 2 aliphatic rings. The van der Waals surface area contributed by atoms with Gasteiger partial charge in [0.2, 0.25) is 0 Å². The third-order valence-corrected chi connectivity index (χ3v) is 5.48. The fourth-order valence-electron chi connectivity index (χ4n) is 3.71. The molecule has 0 unspecified atom stereocenters. The second-order valence-corrected chi connectivity index (χ2v) is 7.62. The van der Waals surface area contributed by atoms with E-state index >= 15 is 0 Å². The van der Waals surface area contributed by atoms with Crippen LogP contribution in [-0.4, -0.2) is 59.9 Å². The molecule has 0 aromatic heterocycles. The average Bonchev–Trinajstić information content (AvgIpc) is 2.90. The van der Waals surface area contributed by atoms with Gasteiger partial charge in [0, 0.05) is 13.1 Å². The van der Waals surface area contributed by atoms with Gasteiger partial charge in [0.05, 0.1) is 0 Å². The molecule has 1 aromatic rings. The highest BCUT2D eigenvalue weighted by Gasteiger charge is 2.49. The van der Waals surface area contributed by atoms with Gasteiger partial charge in [-0.1, -0.05) is 49.6 Å². The molecule has 2 heterocycles. The number of ether oxygens (including phenoxy) is 1. The number of nitrogens with one attached hydrogen (secondary N) is 1. The van der Waals surface area contributed by atoms with Crippen molar-refractivity contribution in [3.8, 4) is 0 Å². The smallest absolute Gasteiger partial charge is 0.326 e. The molecule has 3 rings (SSSR count). The number of imide groups is 1. The Kier molecular flexibility index (Phi) is 6.51. The maximum Gasteiger partial charge on any atom is 0.326 e. The number of nitrogens with zero attached hydrogens (tertiary/aromatic N) is 2. The lowest BCUT2D eigenvalue weighted by Gasteiger charge is -2.24. The lowest BCUT2D eigenvalue weighted by atomic mass is 9.92. The summed E-state index contributed by atoms with van der Waals surface area (Å²) in [6.07, 6.45) is 5.26. The molecule has 1 aromatic carbocycles. The van der Waals surface area contributed by atoms with Gasteiger partial charge >= 0.3 is 12.0 Å². The molecule has 1 atom stereocenters. The monoisotopic (exact) mass is 401 g/mol. The van der Waals surface area contributed by atoms with Crippen LogP contribution in [0.1, 0.15) is 44.6 Å². The van der Waals surface area contributed by atoms with Gasteiger partial charge in [-0.05, 0) is 25.3 Å². The van der Waals surface area contributed by atoms with Crippen molar-refractivity contribution in [3.05, 3.63) is 35.9 Å². The Labute approximate surface area is 170 Å². The number of hydrogen-bond donors (Lipinski definition) is 1. The average molecular weight is 401 g/mol. The van der Waals surface area contributed by atoms with Crippen LogP contribution in [0, 0.1) is 0 Å². The second-order valence-electron chi connectivity index (χ2n) is 7.62. The maximum atomic E-state index is 12.8. The number of hydrogen-bond acceptors (Lipinski definition) is 5. The highest BCUT2D eigenvalue weighted by atomic mass is 16.5. The standard InChI is InChI=1S/C21H27N3O5/c1-21(16-10-6-5-7-11-16)19(27)24(20(28)22-21)14-18(26)29-15-17(25)23-12-8-3-2-4-9-13-23/h5-7,10-11H,2-4,8-9,12-15H2,1H3,(H,22,28)/t21-/m1/s1. The Morgan fingerprint density at radius 1 is 1.03 bits per heavy atom. The van der Waals surface area contributed by atoms with Gasteiger partial charge in [-0.15, -0.1) is 0 Å². The van der Waals surface area contributed by atoms with E-state index in [4.69, 9.17) is 4.74 Å². The topological polar surface area (TPSA) is 96.0 Å². The fourth-order valence-corrected chi connectivity index (χ4v) is 3.71. The van der Waals surface area contributed by atoms with Crippen molar-refractivity contribution in [3.63, 3.8) is 0 Å². The molecular weight excluding hydrogens is 374 g/mol. The Morgan fingerprint density at radius 2 is 1.66 bits per heavy atom. The molecule has 0 bridgehead atoms. The summed E-state index contributed by atoms with van der Waals surface area (Å²) >= 11 is 0. The first-order valence-electron chi connectivity index (χ1n) is 10.0. The molecule has 8 heteroatoms. The van der Waals surface area contributed by atoms with Crippen LogP contribution in [0.4, 0.5) is 4.79 Å². The summed E-state index contributed by atoms with van der Waals surface area (Å²) < 4.78 is 5.06. The van der Waals surface area contributed by atoms with E-state index < -0.39 is 30.0 Å². The first kappa shape index (κ1) is 20.8. The quantitative estimate of drug-likeness (QED) is 0.599. The molecule has 2 aliphatic heterocycles. The minimum absolute atomic E-state index is 0.244. The van der Waals surface area contributed by atoms with Gasteiger partial charge < -0.3 is 15.0 Å². The van der Waals surface area contributed by atoms with Crippen molar-refractivity contribution in [2.45, 2.75) is 44.6 Å². The number of benzene rings is 1. The zero-order valence-corrected chi connectivity index (χ0v) is 16.7. The van der Waals surface area contributed by atoms with Crippen molar-refractivity contribution >= 4 is 23.8 Å². The zero-order chi connectivity index (χ0) is 20.9. The number of rotatable bonds is 5. The Morgan fingerprint density at radius 3 is 2.31 bits per heavy atom. The summed E-state index contributed by atoms with van der Waals surface area (Å²) in [6.45, 7) is 2.02.